The predicted molar refractivity (Wildman–Crippen MR) is 130 cm³/mol. The second kappa shape index (κ2) is 10.6. The van der Waals surface area contributed by atoms with E-state index in [0.717, 1.165) is 56.9 Å². The van der Waals surface area contributed by atoms with Crippen molar-refractivity contribution in [1.29, 1.82) is 0 Å². The molecular weight excluding hydrogens is 447 g/mol. The van der Waals surface area contributed by atoms with Crippen LogP contribution in [-0.2, 0) is 31.1 Å². The average molecular weight is 485 g/mol. The minimum absolute atomic E-state index is 0.0400. The molecule has 3 aliphatic rings. The Balaban J connectivity index is 1.04. The van der Waals surface area contributed by atoms with Crippen LogP contribution in [0.5, 0.6) is 5.88 Å². The number of nitrogens with zero attached hydrogens (tertiary/aromatic N) is 5. The van der Waals surface area contributed by atoms with E-state index < -0.39 is 5.67 Å². The lowest BCUT2D eigenvalue weighted by atomic mass is 9.81. The number of alkyl halides is 1. The number of carbonyl (C=O) groups is 1. The van der Waals surface area contributed by atoms with Crippen LogP contribution in [0.2, 0.25) is 0 Å². The first-order valence-electron chi connectivity index (χ1n) is 13.2. The van der Waals surface area contributed by atoms with Crippen LogP contribution in [0.1, 0.15) is 68.3 Å². The van der Waals surface area contributed by atoms with Crippen molar-refractivity contribution in [2.24, 2.45) is 7.05 Å². The summed E-state index contributed by atoms with van der Waals surface area (Å²) in [7, 11) is 1.73. The number of rotatable bonds is 8. The van der Waals surface area contributed by atoms with Gasteiger partial charge in [0.25, 0.3) is 0 Å². The van der Waals surface area contributed by atoms with Gasteiger partial charge in [0.2, 0.25) is 11.8 Å². The molecule has 0 radical (unpaired) electrons. The van der Waals surface area contributed by atoms with Crippen LogP contribution in [0.3, 0.4) is 0 Å². The SMILES string of the molecule is Cn1ncc(CC(=O)NC2CCC(F)(CCN3CCc4ccc(OC5CCC5)nc4CC3)CC2)n1. The molecule has 0 atom stereocenters. The number of amides is 1. The van der Waals surface area contributed by atoms with E-state index in [0.29, 0.717) is 43.9 Å². The van der Waals surface area contributed by atoms with Crippen molar-refractivity contribution in [2.75, 3.05) is 19.6 Å². The van der Waals surface area contributed by atoms with Crippen molar-refractivity contribution in [2.45, 2.75) is 88.4 Å². The molecule has 3 heterocycles. The highest BCUT2D eigenvalue weighted by atomic mass is 19.1. The topological polar surface area (TPSA) is 85.2 Å². The van der Waals surface area contributed by atoms with Crippen LogP contribution in [-0.4, -0.2) is 68.2 Å². The Morgan fingerprint density at radius 3 is 2.71 bits per heavy atom. The Morgan fingerprint density at radius 1 is 1.20 bits per heavy atom. The molecule has 35 heavy (non-hydrogen) atoms. The van der Waals surface area contributed by atoms with E-state index in [-0.39, 0.29) is 18.4 Å². The van der Waals surface area contributed by atoms with Crippen molar-refractivity contribution < 1.29 is 13.9 Å². The Bertz CT molecular complexity index is 1020. The van der Waals surface area contributed by atoms with Crippen molar-refractivity contribution in [1.82, 2.24) is 30.2 Å². The molecule has 5 rings (SSSR count). The summed E-state index contributed by atoms with van der Waals surface area (Å²) < 4.78 is 21.6. The third-order valence-corrected chi connectivity index (χ3v) is 7.86. The summed E-state index contributed by atoms with van der Waals surface area (Å²) in [4.78, 5) is 20.9. The first-order valence-corrected chi connectivity index (χ1v) is 13.2. The van der Waals surface area contributed by atoms with Gasteiger partial charge in [-0.3, -0.25) is 4.79 Å². The van der Waals surface area contributed by atoms with Crippen LogP contribution in [0, 0.1) is 0 Å². The van der Waals surface area contributed by atoms with E-state index in [9.17, 15) is 4.79 Å². The molecule has 0 aromatic carbocycles. The van der Waals surface area contributed by atoms with E-state index in [1.807, 2.05) is 6.07 Å². The molecule has 2 aliphatic carbocycles. The summed E-state index contributed by atoms with van der Waals surface area (Å²) in [5, 5.41) is 11.2. The minimum atomic E-state index is -1.15. The van der Waals surface area contributed by atoms with E-state index in [1.54, 1.807) is 13.2 Å². The Morgan fingerprint density at radius 2 is 2.00 bits per heavy atom. The number of pyridine rings is 1. The predicted octanol–water partition coefficient (Wildman–Crippen LogP) is 2.94. The molecule has 0 saturated heterocycles. The maximum atomic E-state index is 15.6. The summed E-state index contributed by atoms with van der Waals surface area (Å²) in [6.45, 7) is 2.61. The molecule has 2 fully saturated rings. The van der Waals surface area contributed by atoms with Gasteiger partial charge in [0.15, 0.2) is 0 Å². The number of ether oxygens (including phenoxy) is 1. The molecule has 0 spiro atoms. The molecule has 2 aromatic rings. The van der Waals surface area contributed by atoms with Gasteiger partial charge in [-0.2, -0.15) is 15.0 Å². The molecule has 2 saturated carbocycles. The molecule has 1 aliphatic heterocycles. The smallest absolute Gasteiger partial charge is 0.226 e. The van der Waals surface area contributed by atoms with Crippen molar-refractivity contribution in [3.63, 3.8) is 0 Å². The molecule has 1 amide bonds. The number of hydrogen-bond donors (Lipinski definition) is 1. The number of halogens is 1. The lowest BCUT2D eigenvalue weighted by Gasteiger charge is -2.35. The summed E-state index contributed by atoms with van der Waals surface area (Å²) in [6, 6.07) is 4.21. The molecule has 8 nitrogen and oxygen atoms in total. The largest absolute Gasteiger partial charge is 0.474 e. The number of fused-ring (bicyclic) bond motifs is 1. The second-order valence-electron chi connectivity index (χ2n) is 10.5. The number of carbonyl (C=O) groups excluding carboxylic acids is 1. The maximum absolute atomic E-state index is 15.6. The van der Waals surface area contributed by atoms with Gasteiger partial charge in [-0.05, 0) is 63.4 Å². The summed E-state index contributed by atoms with van der Waals surface area (Å²) >= 11 is 0. The monoisotopic (exact) mass is 484 g/mol. The van der Waals surface area contributed by atoms with Gasteiger partial charge < -0.3 is 15.0 Å². The van der Waals surface area contributed by atoms with Gasteiger partial charge in [0.1, 0.15) is 11.8 Å². The minimum Gasteiger partial charge on any atom is -0.474 e. The van der Waals surface area contributed by atoms with Gasteiger partial charge in [-0.1, -0.05) is 6.07 Å². The van der Waals surface area contributed by atoms with Gasteiger partial charge in [-0.15, -0.1) is 0 Å². The third-order valence-electron chi connectivity index (χ3n) is 7.86. The van der Waals surface area contributed by atoms with Gasteiger partial charge in [0.05, 0.1) is 18.3 Å². The number of nitrogens with one attached hydrogen (secondary N) is 1. The Hall–Kier alpha value is -2.55. The van der Waals surface area contributed by atoms with Gasteiger partial charge in [-0.25, -0.2) is 9.37 Å². The van der Waals surface area contributed by atoms with Crippen LogP contribution in [0.15, 0.2) is 18.3 Å². The summed E-state index contributed by atoms with van der Waals surface area (Å²) in [5.41, 5.74) is 1.93. The lowest BCUT2D eigenvalue weighted by Crippen LogP contribution is -2.43. The van der Waals surface area contributed by atoms with Crippen molar-refractivity contribution in [3.8, 4) is 5.88 Å². The van der Waals surface area contributed by atoms with Crippen LogP contribution >= 0.6 is 0 Å². The quantitative estimate of drug-likeness (QED) is 0.620. The highest BCUT2D eigenvalue weighted by Gasteiger charge is 2.36. The third kappa shape index (κ3) is 6.37. The van der Waals surface area contributed by atoms with E-state index in [2.05, 4.69) is 26.5 Å². The van der Waals surface area contributed by atoms with E-state index in [4.69, 9.17) is 9.72 Å². The first-order chi connectivity index (χ1) is 16.9. The fourth-order valence-electron chi connectivity index (χ4n) is 5.36. The first kappa shape index (κ1) is 24.2. The molecule has 0 bridgehead atoms. The Kier molecular flexibility index (Phi) is 7.32. The molecule has 190 valence electrons. The second-order valence-corrected chi connectivity index (χ2v) is 10.5. The highest BCUT2D eigenvalue weighted by Crippen LogP contribution is 2.35. The van der Waals surface area contributed by atoms with Crippen molar-refractivity contribution >= 4 is 5.91 Å². The van der Waals surface area contributed by atoms with Crippen molar-refractivity contribution in [3.05, 3.63) is 35.3 Å². The lowest BCUT2D eigenvalue weighted by molar-refractivity contribution is -0.121. The summed E-state index contributed by atoms with van der Waals surface area (Å²) in [6.07, 6.45) is 10.4. The van der Waals surface area contributed by atoms with E-state index in [1.165, 1.54) is 16.8 Å². The number of aromatic nitrogens is 4. The zero-order valence-corrected chi connectivity index (χ0v) is 20.7. The van der Waals surface area contributed by atoms with Crippen LogP contribution < -0.4 is 10.1 Å². The molecule has 0 unspecified atom stereocenters. The van der Waals surface area contributed by atoms with Gasteiger partial charge >= 0.3 is 0 Å². The molecule has 9 heteroatoms. The zero-order valence-electron chi connectivity index (χ0n) is 20.7. The highest BCUT2D eigenvalue weighted by molar-refractivity contribution is 5.78. The summed E-state index contributed by atoms with van der Waals surface area (Å²) in [5.74, 6) is 0.686. The zero-order chi connectivity index (χ0) is 24.3. The molecule has 2 aromatic heterocycles. The fraction of sp³-hybridized carbons (Fsp3) is 0.692. The number of hydrogen-bond acceptors (Lipinski definition) is 6. The number of aryl methyl sites for hydroxylation is 1. The standard InChI is InChI=1S/C26H37FN6O2/c1-32-28-18-21(31-32)17-24(34)29-20-7-11-26(27,12-8-20)13-16-33-14-9-19-5-6-25(30-23(19)10-15-33)35-22-3-2-4-22/h5-6,18,20,22H,2-4,7-17H2,1H3,(H,29,34). The fourth-order valence-corrected chi connectivity index (χ4v) is 5.36. The average Bonchev–Trinajstić information content (AvgIpc) is 3.10. The Labute approximate surface area is 206 Å². The van der Waals surface area contributed by atoms with Gasteiger partial charge in [0, 0.05) is 50.9 Å². The van der Waals surface area contributed by atoms with Crippen LogP contribution in [0.4, 0.5) is 4.39 Å². The van der Waals surface area contributed by atoms with Crippen LogP contribution in [0.25, 0.3) is 0 Å². The molecular formula is C26H37FN6O2. The molecule has 1 N–H and O–H groups in total. The normalized spacial score (nSPS) is 25.4. The van der Waals surface area contributed by atoms with E-state index >= 15 is 4.39 Å². The maximum Gasteiger partial charge on any atom is 0.226 e.